The van der Waals surface area contributed by atoms with Gasteiger partial charge in [-0.1, -0.05) is 54.6 Å². The highest BCUT2D eigenvalue weighted by molar-refractivity contribution is 7.10. The first-order valence-corrected chi connectivity index (χ1v) is 12.0. The lowest BCUT2D eigenvalue weighted by atomic mass is 9.98. The van der Waals surface area contributed by atoms with Gasteiger partial charge in [0.05, 0.1) is 5.54 Å². The molecule has 1 aromatic heterocycles. The van der Waals surface area contributed by atoms with Crippen LogP contribution in [0.25, 0.3) is 11.1 Å². The molecule has 0 aliphatic heterocycles. The number of aliphatic carboxylic acids is 1. The monoisotopic (exact) mass is 476 g/mol. The fraction of sp³-hybridized carbons (Fsp3) is 0.269. The lowest BCUT2D eigenvalue weighted by Gasteiger charge is -2.20. The molecule has 3 N–H and O–H groups in total. The zero-order valence-electron chi connectivity index (χ0n) is 18.3. The molecule has 0 bridgehead atoms. The standard InChI is InChI=1S/C26H24N2O5S/c29-22(27-23(24(30)31)21-10-5-13-34-21)14-26(11-12-26)28-25(32)33-15-20-18-8-3-1-6-16(18)17-7-2-4-9-19(17)20/h1-10,13,20,23H,11-12,14-15H2,(H,27,29)(H,28,32)(H,30,31). The molecule has 3 aromatic rings. The fourth-order valence-electron chi connectivity index (χ4n) is 4.58. The summed E-state index contributed by atoms with van der Waals surface area (Å²) >= 11 is 1.27. The summed E-state index contributed by atoms with van der Waals surface area (Å²) in [5.74, 6) is -1.58. The molecular weight excluding hydrogens is 452 g/mol. The highest BCUT2D eigenvalue weighted by atomic mass is 32.1. The predicted molar refractivity (Wildman–Crippen MR) is 128 cm³/mol. The van der Waals surface area contributed by atoms with Crippen molar-refractivity contribution in [2.75, 3.05) is 6.61 Å². The molecule has 174 valence electrons. The number of alkyl carbamates (subject to hydrolysis) is 1. The molecule has 0 radical (unpaired) electrons. The number of hydrogen-bond donors (Lipinski definition) is 3. The van der Waals surface area contributed by atoms with Crippen molar-refractivity contribution in [3.8, 4) is 11.1 Å². The van der Waals surface area contributed by atoms with Crippen molar-refractivity contribution >= 4 is 29.3 Å². The van der Waals surface area contributed by atoms with E-state index in [-0.39, 0.29) is 18.9 Å². The van der Waals surface area contributed by atoms with E-state index in [1.807, 2.05) is 24.3 Å². The number of carboxylic acid groups (broad SMARTS) is 1. The third-order valence-corrected chi connectivity index (χ3v) is 7.38. The van der Waals surface area contributed by atoms with Crippen LogP contribution in [-0.2, 0) is 14.3 Å². The second-order valence-electron chi connectivity index (χ2n) is 8.76. The normalized spacial score (nSPS) is 16.1. The molecule has 8 heteroatoms. The van der Waals surface area contributed by atoms with Crippen molar-refractivity contribution in [3.05, 3.63) is 82.0 Å². The Labute approximate surface area is 200 Å². The summed E-state index contributed by atoms with van der Waals surface area (Å²) in [6.07, 6.45) is 0.718. The quantitative estimate of drug-likeness (QED) is 0.446. The Morgan fingerprint density at radius 1 is 1.00 bits per heavy atom. The average molecular weight is 477 g/mol. The molecule has 1 atom stereocenters. The van der Waals surface area contributed by atoms with Gasteiger partial charge in [-0.25, -0.2) is 9.59 Å². The SMILES string of the molecule is O=C(CC1(NC(=O)OCC2c3ccccc3-c3ccccc32)CC1)NC(C(=O)O)c1cccs1. The number of carbonyl (C=O) groups is 3. The molecule has 5 rings (SSSR count). The predicted octanol–water partition coefficient (Wildman–Crippen LogP) is 4.45. The van der Waals surface area contributed by atoms with E-state index < -0.39 is 29.6 Å². The van der Waals surface area contributed by atoms with Gasteiger partial charge in [0.25, 0.3) is 0 Å². The van der Waals surface area contributed by atoms with E-state index in [0.717, 1.165) is 22.3 Å². The van der Waals surface area contributed by atoms with Crippen molar-refractivity contribution in [1.82, 2.24) is 10.6 Å². The Hall–Kier alpha value is -3.65. The second kappa shape index (κ2) is 8.95. The number of hydrogen-bond acceptors (Lipinski definition) is 5. The van der Waals surface area contributed by atoms with Crippen LogP contribution in [0.5, 0.6) is 0 Å². The van der Waals surface area contributed by atoms with Gasteiger partial charge in [-0.15, -0.1) is 11.3 Å². The van der Waals surface area contributed by atoms with Gasteiger partial charge in [-0.05, 0) is 46.5 Å². The maximum Gasteiger partial charge on any atom is 0.407 e. The topological polar surface area (TPSA) is 105 Å². The number of fused-ring (bicyclic) bond motifs is 3. The van der Waals surface area contributed by atoms with E-state index in [9.17, 15) is 19.5 Å². The molecule has 2 aromatic carbocycles. The highest BCUT2D eigenvalue weighted by Gasteiger charge is 2.46. The lowest BCUT2D eigenvalue weighted by Crippen LogP contribution is -2.43. The molecule has 1 saturated carbocycles. The maximum atomic E-state index is 12.6. The minimum Gasteiger partial charge on any atom is -0.479 e. The smallest absolute Gasteiger partial charge is 0.407 e. The van der Waals surface area contributed by atoms with Crippen LogP contribution in [0.2, 0.25) is 0 Å². The van der Waals surface area contributed by atoms with Gasteiger partial charge < -0.3 is 20.5 Å². The number of carbonyl (C=O) groups excluding carboxylic acids is 2. The molecule has 2 aliphatic rings. The van der Waals surface area contributed by atoms with Gasteiger partial charge in [-0.2, -0.15) is 0 Å². The van der Waals surface area contributed by atoms with Crippen LogP contribution in [-0.4, -0.2) is 35.2 Å². The zero-order valence-corrected chi connectivity index (χ0v) is 19.1. The number of carboxylic acids is 1. The van der Waals surface area contributed by atoms with E-state index in [2.05, 4.69) is 34.9 Å². The van der Waals surface area contributed by atoms with Gasteiger partial charge in [0.2, 0.25) is 5.91 Å². The summed E-state index contributed by atoms with van der Waals surface area (Å²) in [4.78, 5) is 37.3. The molecular formula is C26H24N2O5S. The van der Waals surface area contributed by atoms with Crippen molar-refractivity contribution < 1.29 is 24.2 Å². The van der Waals surface area contributed by atoms with Crippen LogP contribution in [0.4, 0.5) is 4.79 Å². The van der Waals surface area contributed by atoms with Gasteiger partial charge in [0.1, 0.15) is 6.61 Å². The average Bonchev–Trinajstić information content (AvgIpc) is 3.22. The Balaban J connectivity index is 1.18. The van der Waals surface area contributed by atoms with Gasteiger partial charge in [0.15, 0.2) is 6.04 Å². The van der Waals surface area contributed by atoms with Crippen LogP contribution in [0.3, 0.4) is 0 Å². The van der Waals surface area contributed by atoms with E-state index in [1.54, 1.807) is 17.5 Å². The third-order valence-electron chi connectivity index (χ3n) is 6.44. The van der Waals surface area contributed by atoms with Crippen LogP contribution in [0, 0.1) is 0 Å². The summed E-state index contributed by atoms with van der Waals surface area (Å²) in [6, 6.07) is 18.5. The van der Waals surface area contributed by atoms with Crippen molar-refractivity contribution in [2.45, 2.75) is 36.8 Å². The molecule has 34 heavy (non-hydrogen) atoms. The minimum absolute atomic E-state index is 0.00630. The summed E-state index contributed by atoms with van der Waals surface area (Å²) in [7, 11) is 0. The first-order chi connectivity index (χ1) is 16.5. The van der Waals surface area contributed by atoms with E-state index >= 15 is 0 Å². The summed E-state index contributed by atoms with van der Waals surface area (Å²) in [6.45, 7) is 0.196. The molecule has 1 fully saturated rings. The van der Waals surface area contributed by atoms with Gasteiger partial charge >= 0.3 is 12.1 Å². The summed E-state index contributed by atoms with van der Waals surface area (Å²) in [5.41, 5.74) is 3.88. The first kappa shape index (κ1) is 22.2. The molecule has 0 spiro atoms. The number of amides is 2. The third kappa shape index (κ3) is 4.41. The van der Waals surface area contributed by atoms with Crippen LogP contribution in [0.1, 0.15) is 47.2 Å². The first-order valence-electron chi connectivity index (χ1n) is 11.1. The summed E-state index contributed by atoms with van der Waals surface area (Å²) in [5, 5.41) is 16.6. The highest BCUT2D eigenvalue weighted by Crippen LogP contribution is 2.44. The number of ether oxygens (including phenoxy) is 1. The number of rotatable bonds is 8. The Morgan fingerprint density at radius 3 is 2.21 bits per heavy atom. The van der Waals surface area contributed by atoms with Crippen molar-refractivity contribution in [1.29, 1.82) is 0 Å². The van der Waals surface area contributed by atoms with Gasteiger partial charge in [-0.3, -0.25) is 4.79 Å². The van der Waals surface area contributed by atoms with Gasteiger partial charge in [0, 0.05) is 17.2 Å². The molecule has 0 saturated heterocycles. The molecule has 2 aliphatic carbocycles. The van der Waals surface area contributed by atoms with E-state index in [0.29, 0.717) is 17.7 Å². The number of benzene rings is 2. The van der Waals surface area contributed by atoms with Crippen LogP contribution < -0.4 is 10.6 Å². The Bertz CT molecular complexity index is 1190. The van der Waals surface area contributed by atoms with Crippen LogP contribution >= 0.6 is 11.3 Å². The minimum atomic E-state index is -1.12. The molecule has 2 amide bonds. The Kier molecular flexibility index (Phi) is 5.83. The number of nitrogens with one attached hydrogen (secondary N) is 2. The summed E-state index contributed by atoms with van der Waals surface area (Å²) < 4.78 is 5.60. The lowest BCUT2D eigenvalue weighted by molar-refractivity contribution is -0.142. The maximum absolute atomic E-state index is 12.6. The van der Waals surface area contributed by atoms with E-state index in [4.69, 9.17) is 4.74 Å². The molecule has 1 heterocycles. The second-order valence-corrected chi connectivity index (χ2v) is 9.74. The molecule has 1 unspecified atom stereocenters. The van der Waals surface area contributed by atoms with Crippen molar-refractivity contribution in [2.24, 2.45) is 0 Å². The fourth-order valence-corrected chi connectivity index (χ4v) is 5.34. The largest absolute Gasteiger partial charge is 0.479 e. The number of thiophene rings is 1. The van der Waals surface area contributed by atoms with Crippen LogP contribution in [0.15, 0.2) is 66.0 Å². The molecule has 7 nitrogen and oxygen atoms in total. The zero-order chi connectivity index (χ0) is 23.7. The van der Waals surface area contributed by atoms with E-state index in [1.165, 1.54) is 11.3 Å². The van der Waals surface area contributed by atoms with Crippen molar-refractivity contribution in [3.63, 3.8) is 0 Å². The Morgan fingerprint density at radius 2 is 1.65 bits per heavy atom.